The van der Waals surface area contributed by atoms with Gasteiger partial charge in [0.25, 0.3) is 0 Å². The number of hydrogen-bond donors (Lipinski definition) is 2. The number of carbonyl (C=O) groups excluding carboxylic acids is 1. The number of amides is 1. The molecule has 8 heteroatoms. The molecule has 0 fully saturated rings. The van der Waals surface area contributed by atoms with Gasteiger partial charge in [-0.25, -0.2) is 9.78 Å². The largest absolute Gasteiger partial charge is 0.417 e. The first-order chi connectivity index (χ1) is 17.0. The van der Waals surface area contributed by atoms with Crippen molar-refractivity contribution < 1.29 is 9.53 Å². The third-order valence-electron chi connectivity index (χ3n) is 5.53. The van der Waals surface area contributed by atoms with E-state index in [1.165, 1.54) is 11.8 Å². The van der Waals surface area contributed by atoms with Crippen LogP contribution in [-0.2, 0) is 13.1 Å². The van der Waals surface area contributed by atoms with Gasteiger partial charge in [-0.3, -0.25) is 10.00 Å². The zero-order chi connectivity index (χ0) is 24.2. The van der Waals surface area contributed by atoms with E-state index in [4.69, 9.17) is 4.74 Å². The Balaban J connectivity index is 1.29. The van der Waals surface area contributed by atoms with Crippen molar-refractivity contribution >= 4 is 22.8 Å². The number of aromatic amines is 1. The minimum atomic E-state index is -0.594. The third-order valence-corrected chi connectivity index (χ3v) is 5.53. The average molecular weight is 467 g/mol. The number of carbonyl (C=O) groups is 1. The smallest absolute Gasteiger partial charge is 0.407 e. The maximum absolute atomic E-state index is 12.6. The molecule has 5 rings (SSSR count). The molecule has 5 aromatic rings. The van der Waals surface area contributed by atoms with Gasteiger partial charge < -0.3 is 14.6 Å². The minimum absolute atomic E-state index is 0.370. The van der Waals surface area contributed by atoms with Gasteiger partial charge in [-0.2, -0.15) is 5.10 Å². The summed E-state index contributed by atoms with van der Waals surface area (Å²) in [6.07, 6.45) is 6.17. The van der Waals surface area contributed by atoms with Crippen LogP contribution in [0.25, 0.3) is 22.2 Å². The van der Waals surface area contributed by atoms with E-state index in [-0.39, 0.29) is 0 Å². The second kappa shape index (κ2) is 9.82. The van der Waals surface area contributed by atoms with Crippen molar-refractivity contribution in [3.63, 3.8) is 0 Å². The van der Waals surface area contributed by atoms with Crippen molar-refractivity contribution in [1.29, 1.82) is 0 Å². The molecule has 8 nitrogen and oxygen atoms in total. The summed E-state index contributed by atoms with van der Waals surface area (Å²) in [6, 6.07) is 20.3. The maximum atomic E-state index is 12.6. The van der Waals surface area contributed by atoms with Crippen molar-refractivity contribution in [3.8, 4) is 16.9 Å². The topological polar surface area (TPSA) is 88.1 Å². The first-order valence-electron chi connectivity index (χ1n) is 11.3. The molecule has 2 aromatic carbocycles. The van der Waals surface area contributed by atoms with Crippen LogP contribution >= 0.6 is 0 Å². The lowest BCUT2D eigenvalue weighted by Crippen LogP contribution is -2.16. The van der Waals surface area contributed by atoms with E-state index >= 15 is 0 Å². The van der Waals surface area contributed by atoms with E-state index in [2.05, 4.69) is 43.5 Å². The molecule has 0 aliphatic carbocycles. The van der Waals surface area contributed by atoms with Crippen LogP contribution in [0.15, 0.2) is 85.5 Å². The second-order valence-electron chi connectivity index (χ2n) is 8.63. The number of hydrogen-bond acceptors (Lipinski definition) is 5. The van der Waals surface area contributed by atoms with E-state index in [1.807, 2.05) is 62.8 Å². The highest BCUT2D eigenvalue weighted by molar-refractivity contribution is 6.00. The fourth-order valence-corrected chi connectivity index (χ4v) is 3.98. The van der Waals surface area contributed by atoms with Gasteiger partial charge in [0.15, 0.2) is 5.75 Å². The molecule has 35 heavy (non-hydrogen) atoms. The highest BCUT2D eigenvalue weighted by atomic mass is 16.6. The highest BCUT2D eigenvalue weighted by Gasteiger charge is 2.13. The Labute approximate surface area is 203 Å². The van der Waals surface area contributed by atoms with Crippen LogP contribution in [-0.4, -0.2) is 44.8 Å². The molecule has 0 bridgehead atoms. The molecule has 3 aromatic heterocycles. The highest BCUT2D eigenvalue weighted by Crippen LogP contribution is 2.28. The van der Waals surface area contributed by atoms with E-state index in [1.54, 1.807) is 17.1 Å². The number of pyridine rings is 1. The molecule has 0 radical (unpaired) electrons. The van der Waals surface area contributed by atoms with Crippen LogP contribution in [0.3, 0.4) is 0 Å². The number of H-pyrrole nitrogens is 1. The Morgan fingerprint density at radius 2 is 1.86 bits per heavy atom. The predicted octanol–water partition coefficient (Wildman–Crippen LogP) is 5.15. The average Bonchev–Trinajstić information content (AvgIpc) is 3.45. The molecular formula is C27H26N6O2. The maximum Gasteiger partial charge on any atom is 0.417 e. The van der Waals surface area contributed by atoms with Crippen LogP contribution in [0.5, 0.6) is 5.75 Å². The lowest BCUT2D eigenvalue weighted by molar-refractivity contribution is 0.215. The summed E-state index contributed by atoms with van der Waals surface area (Å²) in [7, 11) is 4.09. The Morgan fingerprint density at radius 1 is 1.03 bits per heavy atom. The van der Waals surface area contributed by atoms with Crippen LogP contribution in [0.1, 0.15) is 11.1 Å². The summed E-state index contributed by atoms with van der Waals surface area (Å²) < 4.78 is 7.18. The first-order valence-corrected chi connectivity index (χ1v) is 11.3. The van der Waals surface area contributed by atoms with Crippen LogP contribution in [0.4, 0.5) is 10.5 Å². The fourth-order valence-electron chi connectivity index (χ4n) is 3.98. The lowest BCUT2D eigenvalue weighted by atomic mass is 10.0. The van der Waals surface area contributed by atoms with Crippen LogP contribution in [0, 0.1) is 0 Å². The van der Waals surface area contributed by atoms with Gasteiger partial charge in [0.2, 0.25) is 0 Å². The zero-order valence-electron chi connectivity index (χ0n) is 19.6. The van der Waals surface area contributed by atoms with Crippen molar-refractivity contribution in [2.45, 2.75) is 13.1 Å². The van der Waals surface area contributed by atoms with Gasteiger partial charge in [-0.1, -0.05) is 48.5 Å². The van der Waals surface area contributed by atoms with Crippen molar-refractivity contribution in [2.24, 2.45) is 0 Å². The molecule has 0 atom stereocenters. The summed E-state index contributed by atoms with van der Waals surface area (Å²) in [5, 5.41) is 7.89. The van der Waals surface area contributed by atoms with E-state index in [9.17, 15) is 4.79 Å². The molecule has 0 spiro atoms. The van der Waals surface area contributed by atoms with Gasteiger partial charge >= 0.3 is 6.09 Å². The zero-order valence-corrected chi connectivity index (χ0v) is 19.6. The summed E-state index contributed by atoms with van der Waals surface area (Å²) in [6.45, 7) is 1.45. The molecule has 0 unspecified atom stereocenters. The molecular weight excluding hydrogens is 440 g/mol. The van der Waals surface area contributed by atoms with Crippen molar-refractivity contribution in [3.05, 3.63) is 96.6 Å². The minimum Gasteiger partial charge on any atom is -0.407 e. The van der Waals surface area contributed by atoms with Crippen molar-refractivity contribution in [2.75, 3.05) is 19.4 Å². The lowest BCUT2D eigenvalue weighted by Gasteiger charge is -2.11. The molecule has 0 saturated carbocycles. The van der Waals surface area contributed by atoms with Gasteiger partial charge in [0.05, 0.1) is 24.6 Å². The number of benzene rings is 2. The Hall–Kier alpha value is -4.43. The van der Waals surface area contributed by atoms with Crippen LogP contribution < -0.4 is 10.1 Å². The van der Waals surface area contributed by atoms with Crippen molar-refractivity contribution in [1.82, 2.24) is 24.6 Å². The number of ether oxygens (including phenoxy) is 1. The summed E-state index contributed by atoms with van der Waals surface area (Å²) in [4.78, 5) is 22.3. The van der Waals surface area contributed by atoms with E-state index < -0.39 is 6.09 Å². The Kier molecular flexibility index (Phi) is 6.28. The summed E-state index contributed by atoms with van der Waals surface area (Å²) in [5.41, 5.74) is 5.65. The second-order valence-corrected chi connectivity index (χ2v) is 8.63. The normalized spacial score (nSPS) is 11.2. The predicted molar refractivity (Wildman–Crippen MR) is 136 cm³/mol. The van der Waals surface area contributed by atoms with Gasteiger partial charge in [0.1, 0.15) is 5.65 Å². The van der Waals surface area contributed by atoms with Gasteiger partial charge in [-0.05, 0) is 42.9 Å². The first kappa shape index (κ1) is 22.4. The Morgan fingerprint density at radius 3 is 2.69 bits per heavy atom. The standard InChI is InChI=1S/C27H26N6O2/c1-32(2)16-20-9-6-10-21(11-20)22-12-24-25(15-29-26(24)28-13-22)31-27(34)35-23-14-30-33(18-23)17-19-7-4-3-5-8-19/h3-15,18H,16-17H2,1-2H3,(H,28,29)(H,31,34). The molecule has 0 saturated heterocycles. The summed E-state index contributed by atoms with van der Waals surface area (Å²) in [5.74, 6) is 0.370. The Bertz CT molecular complexity index is 1460. The fraction of sp³-hybridized carbons (Fsp3) is 0.148. The number of anilines is 1. The molecule has 0 aliphatic rings. The number of rotatable bonds is 7. The molecule has 1 amide bonds. The van der Waals surface area contributed by atoms with E-state index in [0.29, 0.717) is 23.6 Å². The SMILES string of the molecule is CN(C)Cc1cccc(-c2cnc3[nH]cc(NC(=O)Oc4cnn(Cc5ccccc5)c4)c3c2)c1. The summed E-state index contributed by atoms with van der Waals surface area (Å²) >= 11 is 0. The molecule has 0 aliphatic heterocycles. The van der Waals surface area contributed by atoms with E-state index in [0.717, 1.165) is 28.6 Å². The number of aromatic nitrogens is 4. The monoisotopic (exact) mass is 466 g/mol. The van der Waals surface area contributed by atoms with Crippen LogP contribution in [0.2, 0.25) is 0 Å². The number of nitrogens with zero attached hydrogens (tertiary/aromatic N) is 4. The molecule has 176 valence electrons. The number of fused-ring (bicyclic) bond motifs is 1. The van der Waals surface area contributed by atoms with Gasteiger partial charge in [0, 0.05) is 29.9 Å². The van der Waals surface area contributed by atoms with Gasteiger partial charge in [-0.15, -0.1) is 0 Å². The molecule has 2 N–H and O–H groups in total. The quantitative estimate of drug-likeness (QED) is 0.346. The third kappa shape index (κ3) is 5.39. The number of nitrogens with one attached hydrogen (secondary N) is 2. The molecule has 3 heterocycles.